The molecule has 1 aliphatic rings. The zero-order chi connectivity index (χ0) is 16.3. The first-order valence-corrected chi connectivity index (χ1v) is 7.96. The fourth-order valence-corrected chi connectivity index (χ4v) is 2.90. The van der Waals surface area contributed by atoms with Crippen LogP contribution < -0.4 is 5.32 Å². The maximum Gasteiger partial charge on any atom is 0.321 e. The van der Waals surface area contributed by atoms with Crippen LogP contribution in [0.15, 0.2) is 17.0 Å². The Kier molecular flexibility index (Phi) is 5.23. The molecule has 2 rings (SSSR count). The highest BCUT2D eigenvalue weighted by atomic mass is 32.2. The summed E-state index contributed by atoms with van der Waals surface area (Å²) in [6.45, 7) is 0.512. The zero-order valence-electron chi connectivity index (χ0n) is 11.9. The van der Waals surface area contributed by atoms with Crippen LogP contribution in [0.2, 0.25) is 0 Å². The number of nitrogens with zero attached hydrogens (tertiary/aromatic N) is 1. The van der Waals surface area contributed by atoms with Crippen LogP contribution in [-0.2, 0) is 4.79 Å². The first-order valence-electron chi connectivity index (χ1n) is 6.74. The Labute approximate surface area is 130 Å². The molecule has 0 radical (unpaired) electrons. The van der Waals surface area contributed by atoms with E-state index in [1.54, 1.807) is 6.26 Å². The van der Waals surface area contributed by atoms with Crippen molar-refractivity contribution in [2.45, 2.75) is 17.7 Å². The first-order chi connectivity index (χ1) is 10.4. The summed E-state index contributed by atoms with van der Waals surface area (Å²) in [6, 6.07) is 1.54. The van der Waals surface area contributed by atoms with Gasteiger partial charge in [-0.2, -0.15) is 0 Å². The van der Waals surface area contributed by atoms with Crippen molar-refractivity contribution in [3.8, 4) is 0 Å². The maximum atomic E-state index is 13.7. The van der Waals surface area contributed by atoms with Gasteiger partial charge in [0.1, 0.15) is 11.6 Å². The predicted molar refractivity (Wildman–Crippen MR) is 79.1 cm³/mol. The Bertz CT molecular complexity index is 574. The van der Waals surface area contributed by atoms with Gasteiger partial charge in [0.2, 0.25) is 0 Å². The molecule has 1 atom stereocenters. The number of thioether (sulfide) groups is 1. The summed E-state index contributed by atoms with van der Waals surface area (Å²) in [5.74, 6) is -3.04. The monoisotopic (exact) mass is 330 g/mol. The molecule has 8 heteroatoms. The Morgan fingerprint density at radius 1 is 1.36 bits per heavy atom. The van der Waals surface area contributed by atoms with Crippen LogP contribution in [0.25, 0.3) is 0 Å². The van der Waals surface area contributed by atoms with E-state index in [1.165, 1.54) is 4.90 Å². The number of rotatable bonds is 3. The van der Waals surface area contributed by atoms with Gasteiger partial charge >= 0.3 is 12.0 Å². The van der Waals surface area contributed by atoms with Gasteiger partial charge in [-0.3, -0.25) is 4.79 Å². The molecule has 0 saturated carbocycles. The number of nitrogens with one attached hydrogen (secondary N) is 1. The number of carboxylic acid groups (broad SMARTS) is 1. The normalized spacial score (nSPS) is 18.1. The lowest BCUT2D eigenvalue weighted by molar-refractivity contribution is -0.143. The lowest BCUT2D eigenvalue weighted by atomic mass is 9.99. The fraction of sp³-hybridized carbons (Fsp3) is 0.429. The third-order valence-corrected chi connectivity index (χ3v) is 4.31. The Morgan fingerprint density at radius 3 is 2.55 bits per heavy atom. The summed E-state index contributed by atoms with van der Waals surface area (Å²) < 4.78 is 27.3. The molecule has 1 aliphatic heterocycles. The van der Waals surface area contributed by atoms with Crippen molar-refractivity contribution < 1.29 is 23.5 Å². The minimum absolute atomic E-state index is 0.00949. The Morgan fingerprint density at radius 2 is 2.00 bits per heavy atom. The number of hydrogen-bond donors (Lipinski definition) is 2. The zero-order valence-corrected chi connectivity index (χ0v) is 12.8. The van der Waals surface area contributed by atoms with Gasteiger partial charge < -0.3 is 15.3 Å². The topological polar surface area (TPSA) is 69.6 Å². The summed E-state index contributed by atoms with van der Waals surface area (Å²) in [7, 11) is 0. The highest BCUT2D eigenvalue weighted by Gasteiger charge is 2.28. The van der Waals surface area contributed by atoms with E-state index in [4.69, 9.17) is 5.11 Å². The number of likely N-dealkylation sites (tertiary alicyclic amines) is 1. The van der Waals surface area contributed by atoms with E-state index in [0.717, 1.165) is 23.9 Å². The predicted octanol–water partition coefficient (Wildman–Crippen LogP) is 3.02. The second-order valence-electron chi connectivity index (χ2n) is 5.03. The average Bonchev–Trinajstić information content (AvgIpc) is 2.47. The number of anilines is 1. The van der Waals surface area contributed by atoms with Crippen LogP contribution in [-0.4, -0.2) is 41.4 Å². The Balaban J connectivity index is 2.07. The number of halogens is 2. The third-order valence-electron chi connectivity index (χ3n) is 3.51. The molecular weight excluding hydrogens is 314 g/mol. The van der Waals surface area contributed by atoms with Gasteiger partial charge in [-0.1, -0.05) is 0 Å². The molecule has 2 amide bonds. The number of carboxylic acids is 1. The van der Waals surface area contributed by atoms with Crippen molar-refractivity contribution in [3.63, 3.8) is 0 Å². The van der Waals surface area contributed by atoms with Gasteiger partial charge in [-0.05, 0) is 31.2 Å². The number of aliphatic carboxylic acids is 1. The second-order valence-corrected chi connectivity index (χ2v) is 5.84. The van der Waals surface area contributed by atoms with Crippen molar-refractivity contribution in [3.05, 3.63) is 23.8 Å². The van der Waals surface area contributed by atoms with Gasteiger partial charge in [-0.15, -0.1) is 11.8 Å². The van der Waals surface area contributed by atoms with Crippen LogP contribution in [0.4, 0.5) is 19.3 Å². The summed E-state index contributed by atoms with van der Waals surface area (Å²) in [5.41, 5.74) is 0.00949. The van der Waals surface area contributed by atoms with E-state index in [2.05, 4.69) is 5.32 Å². The SMILES string of the molecule is CSc1c(F)cc(NC(=O)N2CCCC(C(=O)O)C2)cc1F. The molecule has 1 fully saturated rings. The average molecular weight is 330 g/mol. The van der Waals surface area contributed by atoms with Gasteiger partial charge in [0.05, 0.1) is 10.8 Å². The third kappa shape index (κ3) is 3.68. The highest BCUT2D eigenvalue weighted by molar-refractivity contribution is 7.98. The minimum atomic E-state index is -0.945. The molecule has 120 valence electrons. The van der Waals surface area contributed by atoms with E-state index in [1.807, 2.05) is 0 Å². The Hall–Kier alpha value is -1.83. The summed E-state index contributed by atoms with van der Waals surface area (Å²) in [6.07, 6.45) is 2.66. The van der Waals surface area contributed by atoms with Crippen LogP contribution in [0.3, 0.4) is 0 Å². The molecule has 0 aliphatic carbocycles. The van der Waals surface area contributed by atoms with Crippen LogP contribution in [0.1, 0.15) is 12.8 Å². The van der Waals surface area contributed by atoms with E-state index in [0.29, 0.717) is 19.4 Å². The summed E-state index contributed by atoms with van der Waals surface area (Å²) in [5, 5.41) is 11.4. The lowest BCUT2D eigenvalue weighted by Crippen LogP contribution is -2.44. The minimum Gasteiger partial charge on any atom is -0.481 e. The van der Waals surface area contributed by atoms with Crippen molar-refractivity contribution in [2.24, 2.45) is 5.92 Å². The molecule has 2 N–H and O–H groups in total. The highest BCUT2D eigenvalue weighted by Crippen LogP contribution is 2.26. The van der Waals surface area contributed by atoms with Crippen molar-refractivity contribution in [2.75, 3.05) is 24.7 Å². The molecule has 1 saturated heterocycles. The standard InChI is InChI=1S/C14H16F2N2O3S/c1-22-12-10(15)5-9(6-11(12)16)17-14(21)18-4-2-3-8(7-18)13(19)20/h5-6,8H,2-4,7H2,1H3,(H,17,21)(H,19,20). The smallest absolute Gasteiger partial charge is 0.321 e. The molecule has 0 aromatic heterocycles. The van der Waals surface area contributed by atoms with Crippen LogP contribution in [0, 0.1) is 17.6 Å². The van der Waals surface area contributed by atoms with Crippen LogP contribution in [0.5, 0.6) is 0 Å². The van der Waals surface area contributed by atoms with Crippen molar-refractivity contribution in [1.29, 1.82) is 0 Å². The van der Waals surface area contributed by atoms with Crippen LogP contribution >= 0.6 is 11.8 Å². The molecule has 1 aromatic rings. The van der Waals surface area contributed by atoms with Gasteiger partial charge in [-0.25, -0.2) is 13.6 Å². The molecule has 1 heterocycles. The van der Waals surface area contributed by atoms with Gasteiger partial charge in [0.25, 0.3) is 0 Å². The van der Waals surface area contributed by atoms with E-state index in [-0.39, 0.29) is 17.1 Å². The summed E-state index contributed by atoms with van der Waals surface area (Å²) in [4.78, 5) is 24.3. The molecule has 1 aromatic carbocycles. The number of piperidine rings is 1. The maximum absolute atomic E-state index is 13.7. The second kappa shape index (κ2) is 6.95. The van der Waals surface area contributed by atoms with E-state index in [9.17, 15) is 18.4 Å². The van der Waals surface area contributed by atoms with E-state index >= 15 is 0 Å². The van der Waals surface area contributed by atoms with Crippen molar-refractivity contribution >= 4 is 29.4 Å². The molecule has 0 bridgehead atoms. The number of urea groups is 1. The summed E-state index contributed by atoms with van der Waals surface area (Å²) >= 11 is 0.943. The molecular formula is C14H16F2N2O3S. The number of carbonyl (C=O) groups excluding carboxylic acids is 1. The molecule has 0 spiro atoms. The van der Waals surface area contributed by atoms with Gasteiger partial charge in [0, 0.05) is 18.8 Å². The number of carbonyl (C=O) groups is 2. The lowest BCUT2D eigenvalue weighted by Gasteiger charge is -2.30. The number of hydrogen-bond acceptors (Lipinski definition) is 3. The largest absolute Gasteiger partial charge is 0.481 e. The molecule has 1 unspecified atom stereocenters. The number of amides is 2. The van der Waals surface area contributed by atoms with E-state index < -0.39 is 29.6 Å². The quantitative estimate of drug-likeness (QED) is 0.836. The number of benzene rings is 1. The fourth-order valence-electron chi connectivity index (χ4n) is 2.39. The van der Waals surface area contributed by atoms with Gasteiger partial charge in [0.15, 0.2) is 0 Å². The first kappa shape index (κ1) is 16.5. The molecule has 5 nitrogen and oxygen atoms in total. The molecule has 22 heavy (non-hydrogen) atoms. The van der Waals surface area contributed by atoms with Crippen molar-refractivity contribution in [1.82, 2.24) is 4.90 Å².